The Morgan fingerprint density at radius 2 is 1.85 bits per heavy atom. The first-order chi connectivity index (χ1) is 9.47. The lowest BCUT2D eigenvalue weighted by molar-refractivity contribution is 0.302. The highest BCUT2D eigenvalue weighted by Crippen LogP contribution is 2.27. The third-order valence-electron chi connectivity index (χ3n) is 3.02. The number of hydrogen-bond donors (Lipinski definition) is 1. The van der Waals surface area contributed by atoms with Gasteiger partial charge in [0.2, 0.25) is 0 Å². The van der Waals surface area contributed by atoms with E-state index in [1.807, 2.05) is 50.2 Å². The molecule has 2 N–H and O–H groups in total. The molecule has 0 aliphatic rings. The molecule has 0 atom stereocenters. The molecule has 0 aliphatic heterocycles. The molecule has 104 valence electrons. The van der Waals surface area contributed by atoms with Gasteiger partial charge in [0.05, 0.1) is 0 Å². The van der Waals surface area contributed by atoms with Crippen molar-refractivity contribution in [3.63, 3.8) is 0 Å². The largest absolute Gasteiger partial charge is 0.488 e. The van der Waals surface area contributed by atoms with E-state index in [0.717, 1.165) is 33.0 Å². The van der Waals surface area contributed by atoms with Crippen LogP contribution in [0, 0.1) is 13.8 Å². The smallest absolute Gasteiger partial charge is 0.125 e. The Balaban J connectivity index is 2.17. The molecule has 0 fully saturated rings. The van der Waals surface area contributed by atoms with E-state index in [1.54, 1.807) is 0 Å². The van der Waals surface area contributed by atoms with Crippen LogP contribution >= 0.6 is 23.8 Å². The van der Waals surface area contributed by atoms with Crippen molar-refractivity contribution in [2.45, 2.75) is 20.5 Å². The first-order valence-corrected chi connectivity index (χ1v) is 7.04. The molecule has 2 aromatic carbocycles. The maximum absolute atomic E-state index is 6.01. The fourth-order valence-electron chi connectivity index (χ4n) is 2.09. The highest BCUT2D eigenvalue weighted by Gasteiger charge is 2.06. The molecule has 4 heteroatoms. The predicted octanol–water partition coefficient (Wildman–Crippen LogP) is 4.17. The van der Waals surface area contributed by atoms with Crippen LogP contribution < -0.4 is 10.5 Å². The van der Waals surface area contributed by atoms with E-state index < -0.39 is 0 Å². The Hall–Kier alpha value is -1.58. The Morgan fingerprint density at radius 3 is 2.45 bits per heavy atom. The minimum Gasteiger partial charge on any atom is -0.488 e. The van der Waals surface area contributed by atoms with Crippen LogP contribution in [0.1, 0.15) is 22.3 Å². The van der Waals surface area contributed by atoms with Crippen molar-refractivity contribution in [1.29, 1.82) is 0 Å². The number of benzene rings is 2. The highest BCUT2D eigenvalue weighted by atomic mass is 35.5. The van der Waals surface area contributed by atoms with Gasteiger partial charge in [-0.05, 0) is 48.7 Å². The lowest BCUT2D eigenvalue weighted by atomic mass is 10.1. The second-order valence-electron chi connectivity index (χ2n) is 4.72. The molecular weight excluding hydrogens is 290 g/mol. The molecule has 0 aromatic heterocycles. The van der Waals surface area contributed by atoms with Gasteiger partial charge in [-0.1, -0.05) is 42.0 Å². The minimum absolute atomic E-state index is 0.394. The monoisotopic (exact) mass is 305 g/mol. The molecule has 0 aliphatic carbocycles. The van der Waals surface area contributed by atoms with Crippen LogP contribution in [0.15, 0.2) is 36.4 Å². The van der Waals surface area contributed by atoms with Crippen molar-refractivity contribution in [2.24, 2.45) is 5.73 Å². The number of halogens is 1. The van der Waals surface area contributed by atoms with Crippen molar-refractivity contribution >= 4 is 28.8 Å². The number of aryl methyl sites for hydroxylation is 2. The molecule has 2 aromatic rings. The van der Waals surface area contributed by atoms with Crippen molar-refractivity contribution in [3.8, 4) is 5.75 Å². The summed E-state index contributed by atoms with van der Waals surface area (Å²) in [6, 6.07) is 11.6. The molecule has 0 saturated heterocycles. The molecule has 0 spiro atoms. The Labute approximate surface area is 129 Å². The fraction of sp³-hybridized carbons (Fsp3) is 0.188. The minimum atomic E-state index is 0.394. The summed E-state index contributed by atoms with van der Waals surface area (Å²) < 4.78 is 5.90. The zero-order valence-electron chi connectivity index (χ0n) is 11.4. The van der Waals surface area contributed by atoms with E-state index in [1.165, 1.54) is 0 Å². The summed E-state index contributed by atoms with van der Waals surface area (Å²) in [5, 5.41) is 0.725. The quantitative estimate of drug-likeness (QED) is 0.861. The van der Waals surface area contributed by atoms with Crippen molar-refractivity contribution < 1.29 is 4.74 Å². The lowest BCUT2D eigenvalue weighted by Gasteiger charge is -2.13. The van der Waals surface area contributed by atoms with Crippen LogP contribution in [0.25, 0.3) is 0 Å². The number of ether oxygens (including phenoxy) is 1. The van der Waals surface area contributed by atoms with Crippen molar-refractivity contribution in [1.82, 2.24) is 0 Å². The maximum Gasteiger partial charge on any atom is 0.125 e. The van der Waals surface area contributed by atoms with Gasteiger partial charge in [-0.2, -0.15) is 0 Å². The van der Waals surface area contributed by atoms with Gasteiger partial charge in [0.15, 0.2) is 0 Å². The Morgan fingerprint density at radius 1 is 1.20 bits per heavy atom. The second kappa shape index (κ2) is 6.25. The summed E-state index contributed by atoms with van der Waals surface area (Å²) in [6.07, 6.45) is 0. The average Bonchev–Trinajstić information content (AvgIpc) is 2.37. The van der Waals surface area contributed by atoms with Crippen LogP contribution in [0.5, 0.6) is 5.75 Å². The summed E-state index contributed by atoms with van der Waals surface area (Å²) in [7, 11) is 0. The first-order valence-electron chi connectivity index (χ1n) is 6.25. The standard InChI is InChI=1S/C16H16ClNOS/c1-10-6-14(17)7-11(2)15(10)19-9-12-4-3-5-13(8-12)16(18)20/h3-8H,9H2,1-2H3,(H2,18,20). The lowest BCUT2D eigenvalue weighted by Crippen LogP contribution is -2.10. The molecule has 0 amide bonds. The van der Waals surface area contributed by atoms with Gasteiger partial charge in [0.25, 0.3) is 0 Å². The fourth-order valence-corrected chi connectivity index (χ4v) is 2.55. The van der Waals surface area contributed by atoms with E-state index in [0.29, 0.717) is 11.6 Å². The summed E-state index contributed by atoms with van der Waals surface area (Å²) >= 11 is 11.0. The van der Waals surface area contributed by atoms with E-state index in [2.05, 4.69) is 0 Å². The molecule has 0 radical (unpaired) electrons. The van der Waals surface area contributed by atoms with Gasteiger partial charge < -0.3 is 10.5 Å². The molecule has 0 unspecified atom stereocenters. The van der Waals surface area contributed by atoms with Gasteiger partial charge in [0, 0.05) is 10.6 Å². The first kappa shape index (κ1) is 14.8. The molecular formula is C16H16ClNOS. The number of nitrogens with two attached hydrogens (primary N) is 1. The van der Waals surface area contributed by atoms with Gasteiger partial charge in [-0.3, -0.25) is 0 Å². The highest BCUT2D eigenvalue weighted by molar-refractivity contribution is 7.80. The van der Waals surface area contributed by atoms with Gasteiger partial charge in [-0.25, -0.2) is 0 Å². The zero-order valence-corrected chi connectivity index (χ0v) is 13.0. The van der Waals surface area contributed by atoms with Crippen LogP contribution in [-0.4, -0.2) is 4.99 Å². The van der Waals surface area contributed by atoms with E-state index in [9.17, 15) is 0 Å². The molecule has 0 bridgehead atoms. The number of hydrogen-bond acceptors (Lipinski definition) is 2. The van der Waals surface area contributed by atoms with Crippen molar-refractivity contribution in [2.75, 3.05) is 0 Å². The second-order valence-corrected chi connectivity index (χ2v) is 5.60. The predicted molar refractivity (Wildman–Crippen MR) is 87.6 cm³/mol. The van der Waals surface area contributed by atoms with E-state index >= 15 is 0 Å². The zero-order chi connectivity index (χ0) is 14.7. The molecule has 2 nitrogen and oxygen atoms in total. The SMILES string of the molecule is Cc1cc(Cl)cc(C)c1OCc1cccc(C(N)=S)c1. The number of thiocarbonyl (C=S) groups is 1. The van der Waals surface area contributed by atoms with Crippen molar-refractivity contribution in [3.05, 3.63) is 63.7 Å². The molecule has 2 rings (SSSR count). The Kier molecular flexibility index (Phi) is 4.63. The van der Waals surface area contributed by atoms with E-state index in [-0.39, 0.29) is 0 Å². The molecule has 20 heavy (non-hydrogen) atoms. The third kappa shape index (κ3) is 3.50. The van der Waals surface area contributed by atoms with Gasteiger partial charge in [0.1, 0.15) is 17.3 Å². The topological polar surface area (TPSA) is 35.2 Å². The summed E-state index contributed by atoms with van der Waals surface area (Å²) in [4.78, 5) is 0.394. The van der Waals surface area contributed by atoms with E-state index in [4.69, 9.17) is 34.3 Å². The molecule has 0 saturated carbocycles. The Bertz CT molecular complexity index is 632. The van der Waals surface area contributed by atoms with Crippen LogP contribution in [-0.2, 0) is 6.61 Å². The van der Waals surface area contributed by atoms with Gasteiger partial charge >= 0.3 is 0 Å². The maximum atomic E-state index is 6.01. The van der Waals surface area contributed by atoms with Crippen LogP contribution in [0.2, 0.25) is 5.02 Å². The van der Waals surface area contributed by atoms with Crippen LogP contribution in [0.3, 0.4) is 0 Å². The summed E-state index contributed by atoms with van der Waals surface area (Å²) in [5.74, 6) is 0.870. The average molecular weight is 306 g/mol. The normalized spacial score (nSPS) is 10.3. The van der Waals surface area contributed by atoms with Gasteiger partial charge in [-0.15, -0.1) is 0 Å². The summed E-state index contributed by atoms with van der Waals surface area (Å²) in [5.41, 5.74) is 9.57. The number of rotatable bonds is 4. The van der Waals surface area contributed by atoms with Crippen LogP contribution in [0.4, 0.5) is 0 Å². The summed E-state index contributed by atoms with van der Waals surface area (Å²) in [6.45, 7) is 4.44. The third-order valence-corrected chi connectivity index (χ3v) is 3.47. The molecule has 0 heterocycles.